The van der Waals surface area contributed by atoms with Crippen molar-refractivity contribution in [3.63, 3.8) is 0 Å². The Morgan fingerprint density at radius 2 is 2.31 bits per heavy atom. The van der Waals surface area contributed by atoms with E-state index in [9.17, 15) is 4.79 Å². The average Bonchev–Trinajstić information content (AvgIpc) is 2.03. The summed E-state index contributed by atoms with van der Waals surface area (Å²) in [5.74, 6) is 1.44. The molecule has 0 N–H and O–H groups in total. The highest BCUT2D eigenvalue weighted by atomic mass is 32.1. The van der Waals surface area contributed by atoms with Crippen molar-refractivity contribution >= 4 is 17.9 Å². The summed E-state index contributed by atoms with van der Waals surface area (Å²) in [6, 6.07) is 0. The molecule has 0 bridgehead atoms. The molecule has 13 heavy (non-hydrogen) atoms. The standard InChI is InChI=1S/C10H19NOS/c1-8(2)6-9-4-3-5-11(7-9)10(12)13/h8-9H,3-7H2,1-2H3,(H,12,13). The molecular formula is C10H19NOS. The molecule has 1 saturated heterocycles. The monoisotopic (exact) mass is 201 g/mol. The van der Waals surface area contributed by atoms with Crippen LogP contribution >= 0.6 is 12.6 Å². The van der Waals surface area contributed by atoms with Gasteiger partial charge in [0.1, 0.15) is 0 Å². The van der Waals surface area contributed by atoms with Crippen LogP contribution in [0.5, 0.6) is 0 Å². The molecule has 1 aliphatic rings. The van der Waals surface area contributed by atoms with Gasteiger partial charge in [-0.25, -0.2) is 0 Å². The number of nitrogens with zero attached hydrogens (tertiary/aromatic N) is 1. The predicted octanol–water partition coefficient (Wildman–Crippen LogP) is 2.79. The first kappa shape index (κ1) is 10.9. The van der Waals surface area contributed by atoms with Gasteiger partial charge in [-0.05, 0) is 31.1 Å². The number of rotatable bonds is 2. The van der Waals surface area contributed by atoms with Crippen LogP contribution in [-0.4, -0.2) is 23.2 Å². The molecule has 1 aliphatic heterocycles. The molecule has 2 nitrogen and oxygen atoms in total. The molecule has 1 amide bonds. The third-order valence-electron chi connectivity index (χ3n) is 2.59. The maximum Gasteiger partial charge on any atom is 0.278 e. The fourth-order valence-corrected chi connectivity index (χ4v) is 2.28. The van der Waals surface area contributed by atoms with E-state index in [1.807, 2.05) is 4.90 Å². The molecule has 76 valence electrons. The zero-order valence-electron chi connectivity index (χ0n) is 8.49. The summed E-state index contributed by atoms with van der Waals surface area (Å²) in [4.78, 5) is 12.9. The minimum atomic E-state index is -0.0616. The Labute approximate surface area is 86.1 Å². The molecular weight excluding hydrogens is 182 g/mol. The van der Waals surface area contributed by atoms with Crippen molar-refractivity contribution in [3.8, 4) is 0 Å². The van der Waals surface area contributed by atoms with Crippen LogP contribution in [0.25, 0.3) is 0 Å². The number of piperidine rings is 1. The summed E-state index contributed by atoms with van der Waals surface area (Å²) in [6.07, 6.45) is 3.65. The average molecular weight is 201 g/mol. The maximum atomic E-state index is 11.0. The van der Waals surface area contributed by atoms with Gasteiger partial charge in [0.25, 0.3) is 5.24 Å². The Kier molecular flexibility index (Phi) is 4.10. The molecule has 0 saturated carbocycles. The van der Waals surface area contributed by atoms with E-state index < -0.39 is 0 Å². The van der Waals surface area contributed by atoms with Gasteiger partial charge in [-0.2, -0.15) is 0 Å². The number of carbonyl (C=O) groups is 1. The molecule has 0 aromatic rings. The van der Waals surface area contributed by atoms with E-state index in [0.717, 1.165) is 25.4 Å². The topological polar surface area (TPSA) is 20.3 Å². The number of hydrogen-bond acceptors (Lipinski definition) is 1. The molecule has 1 rings (SSSR count). The number of hydrogen-bond donors (Lipinski definition) is 1. The first-order valence-corrected chi connectivity index (χ1v) is 5.52. The minimum Gasteiger partial charge on any atom is -0.334 e. The third-order valence-corrected chi connectivity index (χ3v) is 2.88. The van der Waals surface area contributed by atoms with Gasteiger partial charge in [-0.15, -0.1) is 0 Å². The Morgan fingerprint density at radius 1 is 1.62 bits per heavy atom. The normalized spacial score (nSPS) is 23.7. The molecule has 1 fully saturated rings. The largest absolute Gasteiger partial charge is 0.334 e. The first-order valence-electron chi connectivity index (χ1n) is 5.07. The van der Waals surface area contributed by atoms with Gasteiger partial charge in [-0.3, -0.25) is 4.79 Å². The molecule has 0 aromatic heterocycles. The van der Waals surface area contributed by atoms with E-state index in [-0.39, 0.29) is 5.24 Å². The van der Waals surface area contributed by atoms with Crippen molar-refractivity contribution in [3.05, 3.63) is 0 Å². The summed E-state index contributed by atoms with van der Waals surface area (Å²) < 4.78 is 0. The Morgan fingerprint density at radius 3 is 2.85 bits per heavy atom. The molecule has 1 heterocycles. The summed E-state index contributed by atoms with van der Waals surface area (Å²) in [6.45, 7) is 6.29. The van der Waals surface area contributed by atoms with E-state index >= 15 is 0 Å². The number of carbonyl (C=O) groups excluding carboxylic acids is 1. The van der Waals surface area contributed by atoms with Gasteiger partial charge in [0, 0.05) is 13.1 Å². The molecule has 1 unspecified atom stereocenters. The number of likely N-dealkylation sites (tertiary alicyclic amines) is 1. The highest BCUT2D eigenvalue weighted by Crippen LogP contribution is 2.23. The van der Waals surface area contributed by atoms with Crippen molar-refractivity contribution < 1.29 is 4.79 Å². The molecule has 0 spiro atoms. The molecule has 0 aromatic carbocycles. The second kappa shape index (κ2) is 4.89. The number of amides is 1. The van der Waals surface area contributed by atoms with Gasteiger partial charge in [0.05, 0.1) is 0 Å². The summed E-state index contributed by atoms with van der Waals surface area (Å²) in [5.41, 5.74) is 0. The van der Waals surface area contributed by atoms with Gasteiger partial charge >= 0.3 is 0 Å². The van der Waals surface area contributed by atoms with Crippen molar-refractivity contribution in [1.29, 1.82) is 0 Å². The van der Waals surface area contributed by atoms with Crippen molar-refractivity contribution in [2.45, 2.75) is 33.1 Å². The first-order chi connectivity index (χ1) is 6.09. The van der Waals surface area contributed by atoms with Crippen molar-refractivity contribution in [2.24, 2.45) is 11.8 Å². The van der Waals surface area contributed by atoms with E-state index in [0.29, 0.717) is 5.92 Å². The molecule has 0 aliphatic carbocycles. The fourth-order valence-electron chi connectivity index (χ4n) is 2.10. The Balaban J connectivity index is 2.37. The van der Waals surface area contributed by atoms with Crippen LogP contribution < -0.4 is 0 Å². The summed E-state index contributed by atoms with van der Waals surface area (Å²) >= 11 is 3.86. The van der Waals surface area contributed by atoms with Crippen molar-refractivity contribution in [2.75, 3.05) is 13.1 Å². The van der Waals surface area contributed by atoms with E-state index in [4.69, 9.17) is 0 Å². The lowest BCUT2D eigenvalue weighted by atomic mass is 9.90. The quantitative estimate of drug-likeness (QED) is 0.681. The predicted molar refractivity (Wildman–Crippen MR) is 58.1 cm³/mol. The van der Waals surface area contributed by atoms with Gasteiger partial charge < -0.3 is 4.90 Å². The van der Waals surface area contributed by atoms with Crippen LogP contribution in [0.2, 0.25) is 0 Å². The van der Waals surface area contributed by atoms with Gasteiger partial charge in [0.2, 0.25) is 0 Å². The third kappa shape index (κ3) is 3.59. The summed E-state index contributed by atoms with van der Waals surface area (Å²) in [5, 5.41) is -0.0616. The molecule has 0 radical (unpaired) electrons. The van der Waals surface area contributed by atoms with E-state index in [1.54, 1.807) is 0 Å². The fraction of sp³-hybridized carbons (Fsp3) is 0.900. The zero-order chi connectivity index (χ0) is 9.84. The SMILES string of the molecule is CC(C)CC1CCCN(C(=O)S)C1. The Bertz CT molecular complexity index is 182. The maximum absolute atomic E-state index is 11.0. The lowest BCUT2D eigenvalue weighted by molar-refractivity contribution is 0.178. The highest BCUT2D eigenvalue weighted by molar-refractivity contribution is 7.96. The summed E-state index contributed by atoms with van der Waals surface area (Å²) in [7, 11) is 0. The Hall–Kier alpha value is -0.180. The van der Waals surface area contributed by atoms with Crippen LogP contribution in [0.15, 0.2) is 0 Å². The van der Waals surface area contributed by atoms with Gasteiger partial charge in [0.15, 0.2) is 0 Å². The van der Waals surface area contributed by atoms with Crippen LogP contribution in [0.3, 0.4) is 0 Å². The lowest BCUT2D eigenvalue weighted by Gasteiger charge is -2.32. The molecule has 1 atom stereocenters. The smallest absolute Gasteiger partial charge is 0.278 e. The lowest BCUT2D eigenvalue weighted by Crippen LogP contribution is -2.37. The van der Waals surface area contributed by atoms with Crippen molar-refractivity contribution in [1.82, 2.24) is 4.90 Å². The van der Waals surface area contributed by atoms with Crippen LogP contribution in [-0.2, 0) is 0 Å². The van der Waals surface area contributed by atoms with E-state index in [1.165, 1.54) is 12.8 Å². The van der Waals surface area contributed by atoms with Crippen LogP contribution in [0, 0.1) is 11.8 Å². The van der Waals surface area contributed by atoms with Crippen LogP contribution in [0.1, 0.15) is 33.1 Å². The second-order valence-electron chi connectivity index (χ2n) is 4.37. The second-order valence-corrected chi connectivity index (χ2v) is 4.75. The number of thiol groups is 1. The highest BCUT2D eigenvalue weighted by Gasteiger charge is 2.22. The zero-order valence-corrected chi connectivity index (χ0v) is 9.39. The minimum absolute atomic E-state index is 0.0616. The van der Waals surface area contributed by atoms with E-state index in [2.05, 4.69) is 26.5 Å². The van der Waals surface area contributed by atoms with Gasteiger partial charge in [-0.1, -0.05) is 26.5 Å². The van der Waals surface area contributed by atoms with Crippen LogP contribution in [0.4, 0.5) is 4.79 Å². The molecule has 3 heteroatoms.